The van der Waals surface area contributed by atoms with Gasteiger partial charge in [0, 0.05) is 17.1 Å². The number of nitrogens with zero attached hydrogens (tertiary/aromatic N) is 1. The zero-order chi connectivity index (χ0) is 12.7. The lowest BCUT2D eigenvalue weighted by Gasteiger charge is -2.27. The Balaban J connectivity index is 2.04. The minimum Gasteiger partial charge on any atom is -0.369 e. The number of hydrogen-bond donors (Lipinski definition) is 1. The molecule has 96 valence electrons. The molecule has 0 unspecified atom stereocenters. The van der Waals surface area contributed by atoms with Gasteiger partial charge in [0.1, 0.15) is 0 Å². The van der Waals surface area contributed by atoms with E-state index in [9.17, 15) is 0 Å². The van der Waals surface area contributed by atoms with E-state index in [1.807, 2.05) is 0 Å². The molecule has 0 saturated carbocycles. The molecule has 0 fully saturated rings. The summed E-state index contributed by atoms with van der Waals surface area (Å²) in [6, 6.07) is 4.59. The highest BCUT2D eigenvalue weighted by Crippen LogP contribution is 2.36. The molecule has 0 spiro atoms. The number of rotatable bonds is 1. The van der Waals surface area contributed by atoms with Crippen molar-refractivity contribution in [2.24, 2.45) is 0 Å². The zero-order valence-corrected chi connectivity index (χ0v) is 11.6. The van der Waals surface area contributed by atoms with Gasteiger partial charge >= 0.3 is 0 Å². The molecule has 3 rings (SSSR count). The van der Waals surface area contributed by atoms with Gasteiger partial charge in [-0.2, -0.15) is 0 Å². The van der Waals surface area contributed by atoms with Crippen molar-refractivity contribution in [3.8, 4) is 0 Å². The van der Waals surface area contributed by atoms with E-state index in [1.54, 1.807) is 0 Å². The normalized spacial score (nSPS) is 18.9. The third-order valence-corrected chi connectivity index (χ3v) is 4.12. The number of hydrogen-bond acceptors (Lipinski definition) is 2. The summed E-state index contributed by atoms with van der Waals surface area (Å²) in [4.78, 5) is 2.50. The fraction of sp³-hybridized carbons (Fsp3) is 0.500. The first-order valence-electron chi connectivity index (χ1n) is 6.98. The van der Waals surface area contributed by atoms with Crippen molar-refractivity contribution in [1.29, 1.82) is 0 Å². The van der Waals surface area contributed by atoms with Gasteiger partial charge in [0.25, 0.3) is 0 Å². The van der Waals surface area contributed by atoms with Crippen LogP contribution in [0.3, 0.4) is 0 Å². The topological polar surface area (TPSA) is 15.3 Å². The summed E-state index contributed by atoms with van der Waals surface area (Å²) in [5.41, 5.74) is 8.60. The lowest BCUT2D eigenvalue weighted by molar-refractivity contribution is 0.661. The molecule has 1 aliphatic heterocycles. The van der Waals surface area contributed by atoms with Gasteiger partial charge < -0.3 is 10.2 Å². The summed E-state index contributed by atoms with van der Waals surface area (Å²) < 4.78 is 0. The Hall–Kier alpha value is -1.44. The average molecular weight is 242 g/mol. The number of anilines is 1. The van der Waals surface area contributed by atoms with E-state index >= 15 is 0 Å². The van der Waals surface area contributed by atoms with Gasteiger partial charge in [-0.15, -0.1) is 0 Å². The lowest BCUT2D eigenvalue weighted by Crippen LogP contribution is -2.24. The van der Waals surface area contributed by atoms with Crippen molar-refractivity contribution in [2.75, 3.05) is 11.6 Å². The Kier molecular flexibility index (Phi) is 2.81. The van der Waals surface area contributed by atoms with Crippen LogP contribution in [0.1, 0.15) is 42.4 Å². The van der Waals surface area contributed by atoms with E-state index in [0.29, 0.717) is 0 Å². The van der Waals surface area contributed by atoms with Crippen LogP contribution in [0.15, 0.2) is 23.5 Å². The maximum absolute atomic E-state index is 3.58. The Morgan fingerprint density at radius 2 is 1.67 bits per heavy atom. The van der Waals surface area contributed by atoms with Crippen molar-refractivity contribution in [3.05, 3.63) is 40.2 Å². The van der Waals surface area contributed by atoms with Crippen LogP contribution in [0.25, 0.3) is 0 Å². The molecule has 0 atom stereocenters. The van der Waals surface area contributed by atoms with Gasteiger partial charge in [-0.1, -0.05) is 17.7 Å². The van der Waals surface area contributed by atoms with Gasteiger partial charge in [-0.25, -0.2) is 0 Å². The minimum atomic E-state index is 0.954. The van der Waals surface area contributed by atoms with Crippen LogP contribution in [0.2, 0.25) is 0 Å². The van der Waals surface area contributed by atoms with E-state index in [4.69, 9.17) is 0 Å². The van der Waals surface area contributed by atoms with Gasteiger partial charge in [-0.05, 0) is 57.6 Å². The first-order valence-corrected chi connectivity index (χ1v) is 6.98. The zero-order valence-electron chi connectivity index (χ0n) is 11.6. The average Bonchev–Trinajstić information content (AvgIpc) is 2.72. The monoisotopic (exact) mass is 242 g/mol. The molecule has 0 radical (unpaired) electrons. The Morgan fingerprint density at radius 3 is 2.39 bits per heavy atom. The quantitative estimate of drug-likeness (QED) is 0.806. The van der Waals surface area contributed by atoms with E-state index in [-0.39, 0.29) is 0 Å². The molecule has 1 aliphatic carbocycles. The van der Waals surface area contributed by atoms with Gasteiger partial charge in [-0.3, -0.25) is 0 Å². The molecule has 18 heavy (non-hydrogen) atoms. The third-order valence-electron chi connectivity index (χ3n) is 4.12. The second-order valence-corrected chi connectivity index (χ2v) is 5.64. The molecule has 2 nitrogen and oxygen atoms in total. The molecular formula is C16H22N2. The number of benzene rings is 1. The summed E-state index contributed by atoms with van der Waals surface area (Å²) in [7, 11) is 0. The van der Waals surface area contributed by atoms with E-state index in [2.05, 4.69) is 43.1 Å². The Labute approximate surface area is 110 Å². The molecule has 2 heteroatoms. The van der Waals surface area contributed by atoms with Crippen molar-refractivity contribution in [2.45, 2.75) is 46.5 Å². The van der Waals surface area contributed by atoms with Crippen LogP contribution in [0.5, 0.6) is 0 Å². The van der Waals surface area contributed by atoms with Crippen LogP contribution >= 0.6 is 0 Å². The molecule has 1 N–H and O–H groups in total. The second kappa shape index (κ2) is 4.34. The van der Waals surface area contributed by atoms with Crippen LogP contribution in [0, 0.1) is 20.8 Å². The predicted octanol–water partition coefficient (Wildman–Crippen LogP) is 3.76. The molecule has 1 aromatic carbocycles. The maximum Gasteiger partial charge on any atom is 0.0921 e. The summed E-state index contributed by atoms with van der Waals surface area (Å²) in [6.07, 6.45) is 5.14. The van der Waals surface area contributed by atoms with Crippen molar-refractivity contribution < 1.29 is 0 Å². The van der Waals surface area contributed by atoms with Crippen molar-refractivity contribution >= 4 is 5.69 Å². The van der Waals surface area contributed by atoms with Gasteiger partial charge in [0.15, 0.2) is 0 Å². The number of nitrogens with one attached hydrogen (secondary N) is 1. The van der Waals surface area contributed by atoms with Crippen LogP contribution in [-0.2, 0) is 0 Å². The number of aryl methyl sites for hydroxylation is 3. The second-order valence-electron chi connectivity index (χ2n) is 5.64. The SMILES string of the molecule is Cc1cc(C)c(N2CNC3=C2CCCC3)c(C)c1. The third kappa shape index (κ3) is 1.80. The summed E-state index contributed by atoms with van der Waals surface area (Å²) in [5.74, 6) is 0. The molecule has 0 saturated heterocycles. The number of allylic oxidation sites excluding steroid dienone is 2. The van der Waals surface area contributed by atoms with Crippen LogP contribution < -0.4 is 10.2 Å². The smallest absolute Gasteiger partial charge is 0.0921 e. The van der Waals surface area contributed by atoms with E-state index in [1.165, 1.54) is 59.5 Å². The minimum absolute atomic E-state index is 0.954. The van der Waals surface area contributed by atoms with E-state index in [0.717, 1.165) is 6.67 Å². The highest BCUT2D eigenvalue weighted by molar-refractivity contribution is 5.65. The summed E-state index contributed by atoms with van der Waals surface area (Å²) in [6.45, 7) is 7.60. The molecule has 1 heterocycles. The molecule has 0 bridgehead atoms. The predicted molar refractivity (Wildman–Crippen MR) is 76.6 cm³/mol. The van der Waals surface area contributed by atoms with E-state index < -0.39 is 0 Å². The van der Waals surface area contributed by atoms with Crippen LogP contribution in [0.4, 0.5) is 5.69 Å². The van der Waals surface area contributed by atoms with Gasteiger partial charge in [0.05, 0.1) is 6.67 Å². The first-order chi connectivity index (χ1) is 8.66. The highest BCUT2D eigenvalue weighted by Gasteiger charge is 2.26. The summed E-state index contributed by atoms with van der Waals surface area (Å²) >= 11 is 0. The Bertz CT molecular complexity index is 491. The fourth-order valence-corrected chi connectivity index (χ4v) is 3.46. The van der Waals surface area contributed by atoms with Crippen LogP contribution in [-0.4, -0.2) is 6.67 Å². The van der Waals surface area contributed by atoms with Crippen molar-refractivity contribution in [3.63, 3.8) is 0 Å². The lowest BCUT2D eigenvalue weighted by atomic mass is 9.99. The maximum atomic E-state index is 3.58. The fourth-order valence-electron chi connectivity index (χ4n) is 3.46. The standard InChI is InChI=1S/C16H22N2/c1-11-8-12(2)16(13(3)9-11)18-10-17-14-6-4-5-7-15(14)18/h8-9,17H,4-7,10H2,1-3H3. The Morgan fingerprint density at radius 1 is 1.00 bits per heavy atom. The largest absolute Gasteiger partial charge is 0.369 e. The molecular weight excluding hydrogens is 220 g/mol. The molecule has 1 aromatic rings. The molecule has 2 aliphatic rings. The highest BCUT2D eigenvalue weighted by atomic mass is 15.3. The first kappa shape index (κ1) is 11.6. The summed E-state index contributed by atoms with van der Waals surface area (Å²) in [5, 5.41) is 3.58. The molecule has 0 amide bonds. The van der Waals surface area contributed by atoms with Crippen molar-refractivity contribution in [1.82, 2.24) is 5.32 Å². The molecule has 0 aromatic heterocycles. The van der Waals surface area contributed by atoms with Gasteiger partial charge in [0.2, 0.25) is 0 Å².